The highest BCUT2D eigenvalue weighted by Gasteiger charge is 2.10. The molecule has 0 fully saturated rings. The van der Waals surface area contributed by atoms with Crippen molar-refractivity contribution in [2.24, 2.45) is 0 Å². The summed E-state index contributed by atoms with van der Waals surface area (Å²) < 4.78 is 5.33. The molecular formula is C21H24O4. The maximum atomic E-state index is 11.7. The molecule has 0 saturated heterocycles. The van der Waals surface area contributed by atoms with Crippen molar-refractivity contribution in [3.05, 3.63) is 65.0 Å². The van der Waals surface area contributed by atoms with Gasteiger partial charge in [-0.1, -0.05) is 23.8 Å². The Bertz CT molecular complexity index is 693. The third-order valence-corrected chi connectivity index (χ3v) is 4.11. The Morgan fingerprint density at radius 1 is 1.20 bits per heavy atom. The number of phenolic OH excluding ortho intramolecular Hbond substituents is 1. The summed E-state index contributed by atoms with van der Waals surface area (Å²) in [5.74, 6) is 0.601. The van der Waals surface area contributed by atoms with Crippen LogP contribution >= 0.6 is 0 Å². The zero-order valence-electron chi connectivity index (χ0n) is 14.5. The van der Waals surface area contributed by atoms with Gasteiger partial charge in [0, 0.05) is 12.8 Å². The molecule has 0 heterocycles. The monoisotopic (exact) mass is 340 g/mol. The number of phenols is 1. The van der Waals surface area contributed by atoms with Crippen LogP contribution in [0.15, 0.2) is 59.4 Å². The van der Waals surface area contributed by atoms with E-state index in [0.29, 0.717) is 25.0 Å². The number of carbonyl (C=O) groups is 2. The topological polar surface area (TPSA) is 63.6 Å². The van der Waals surface area contributed by atoms with Crippen LogP contribution in [0.25, 0.3) is 0 Å². The second-order valence-corrected chi connectivity index (χ2v) is 6.18. The SMILES string of the molecule is CC(Cc1ccc(O)cc1)=C1C=CC(OC(=O)CCCCC=O)=CC1. The van der Waals surface area contributed by atoms with Crippen LogP contribution in [0.3, 0.4) is 0 Å². The number of aromatic hydroxyl groups is 1. The number of rotatable bonds is 8. The first-order valence-electron chi connectivity index (χ1n) is 8.57. The first-order valence-corrected chi connectivity index (χ1v) is 8.57. The van der Waals surface area contributed by atoms with E-state index in [2.05, 4.69) is 6.92 Å². The van der Waals surface area contributed by atoms with Gasteiger partial charge in [0.1, 0.15) is 17.8 Å². The fourth-order valence-corrected chi connectivity index (χ4v) is 2.63. The van der Waals surface area contributed by atoms with E-state index in [1.165, 1.54) is 11.1 Å². The molecule has 132 valence electrons. The van der Waals surface area contributed by atoms with Crippen molar-refractivity contribution >= 4 is 12.3 Å². The average Bonchev–Trinajstić information content (AvgIpc) is 2.61. The number of aldehydes is 1. The highest BCUT2D eigenvalue weighted by Crippen LogP contribution is 2.23. The Morgan fingerprint density at radius 2 is 1.96 bits per heavy atom. The molecule has 0 unspecified atom stereocenters. The summed E-state index contributed by atoms with van der Waals surface area (Å²) in [7, 11) is 0. The molecule has 0 aliphatic heterocycles. The van der Waals surface area contributed by atoms with Crippen molar-refractivity contribution in [3.63, 3.8) is 0 Å². The molecule has 0 radical (unpaired) electrons. The van der Waals surface area contributed by atoms with E-state index in [1.54, 1.807) is 12.1 Å². The van der Waals surface area contributed by atoms with Gasteiger partial charge in [0.25, 0.3) is 0 Å². The second-order valence-electron chi connectivity index (χ2n) is 6.18. The second kappa shape index (κ2) is 9.62. The number of unbranched alkanes of at least 4 members (excludes halogenated alkanes) is 2. The van der Waals surface area contributed by atoms with Crippen LogP contribution in [0, 0.1) is 0 Å². The number of allylic oxidation sites excluding steroid dienone is 5. The molecule has 0 spiro atoms. The minimum absolute atomic E-state index is 0.255. The van der Waals surface area contributed by atoms with Gasteiger partial charge < -0.3 is 14.6 Å². The lowest BCUT2D eigenvalue weighted by Crippen LogP contribution is -2.05. The summed E-state index contributed by atoms with van der Waals surface area (Å²) in [6.45, 7) is 2.09. The summed E-state index contributed by atoms with van der Waals surface area (Å²) in [6, 6.07) is 7.21. The van der Waals surface area contributed by atoms with E-state index in [9.17, 15) is 14.7 Å². The third kappa shape index (κ3) is 6.42. The largest absolute Gasteiger partial charge is 0.508 e. The standard InChI is InChI=1S/C21H24O4/c1-16(15-17-6-10-19(23)11-7-17)18-8-12-20(13-9-18)25-21(24)5-3-2-4-14-22/h6-8,10-14,23H,2-5,9,15H2,1H3. The first kappa shape index (κ1) is 18.7. The Kier molecular flexibility index (Phi) is 7.20. The highest BCUT2D eigenvalue weighted by atomic mass is 16.5. The third-order valence-electron chi connectivity index (χ3n) is 4.11. The molecule has 1 aromatic rings. The molecule has 1 N–H and O–H groups in total. The van der Waals surface area contributed by atoms with Crippen molar-refractivity contribution in [1.82, 2.24) is 0 Å². The first-order chi connectivity index (χ1) is 12.1. The van der Waals surface area contributed by atoms with Crippen molar-refractivity contribution in [2.75, 3.05) is 0 Å². The van der Waals surface area contributed by atoms with Gasteiger partial charge in [-0.3, -0.25) is 4.79 Å². The predicted molar refractivity (Wildman–Crippen MR) is 97.0 cm³/mol. The number of benzene rings is 1. The lowest BCUT2D eigenvalue weighted by atomic mass is 9.96. The van der Waals surface area contributed by atoms with Gasteiger partial charge in [0.2, 0.25) is 0 Å². The Hall–Kier alpha value is -2.62. The van der Waals surface area contributed by atoms with E-state index in [-0.39, 0.29) is 11.7 Å². The molecule has 0 saturated carbocycles. The summed E-state index contributed by atoms with van der Waals surface area (Å²) in [4.78, 5) is 22.0. The van der Waals surface area contributed by atoms with Gasteiger partial charge in [-0.05, 0) is 68.0 Å². The zero-order valence-corrected chi connectivity index (χ0v) is 14.5. The molecule has 4 heteroatoms. The lowest BCUT2D eigenvalue weighted by Gasteiger charge is -2.13. The quantitative estimate of drug-likeness (QED) is 0.433. The van der Waals surface area contributed by atoms with Crippen LogP contribution in [0.4, 0.5) is 0 Å². The van der Waals surface area contributed by atoms with Gasteiger partial charge in [0.05, 0.1) is 0 Å². The van der Waals surface area contributed by atoms with Crippen molar-refractivity contribution in [1.29, 1.82) is 0 Å². The highest BCUT2D eigenvalue weighted by molar-refractivity contribution is 5.71. The number of hydrogen-bond acceptors (Lipinski definition) is 4. The van der Waals surface area contributed by atoms with Crippen LogP contribution in [-0.2, 0) is 20.7 Å². The normalized spacial score (nSPS) is 15.5. The van der Waals surface area contributed by atoms with Crippen molar-refractivity contribution in [2.45, 2.75) is 45.4 Å². The lowest BCUT2D eigenvalue weighted by molar-refractivity contribution is -0.139. The van der Waals surface area contributed by atoms with E-state index >= 15 is 0 Å². The van der Waals surface area contributed by atoms with E-state index in [4.69, 9.17) is 4.74 Å². The molecule has 1 aliphatic carbocycles. The van der Waals surface area contributed by atoms with E-state index in [0.717, 1.165) is 31.1 Å². The van der Waals surface area contributed by atoms with E-state index in [1.807, 2.05) is 30.4 Å². The molecule has 0 atom stereocenters. The molecule has 0 amide bonds. The summed E-state index contributed by atoms with van der Waals surface area (Å²) in [6.07, 6.45) is 10.4. The minimum Gasteiger partial charge on any atom is -0.508 e. The van der Waals surface area contributed by atoms with Crippen LogP contribution in [0.2, 0.25) is 0 Å². The number of hydrogen-bond donors (Lipinski definition) is 1. The van der Waals surface area contributed by atoms with Gasteiger partial charge in [-0.15, -0.1) is 0 Å². The molecule has 1 aromatic carbocycles. The smallest absolute Gasteiger partial charge is 0.311 e. The summed E-state index contributed by atoms with van der Waals surface area (Å²) in [5.41, 5.74) is 3.60. The predicted octanol–water partition coefficient (Wildman–Crippen LogP) is 4.40. The van der Waals surface area contributed by atoms with Crippen LogP contribution < -0.4 is 0 Å². The number of carbonyl (C=O) groups excluding carboxylic acids is 2. The fraction of sp³-hybridized carbons (Fsp3) is 0.333. The van der Waals surface area contributed by atoms with Gasteiger partial charge >= 0.3 is 5.97 Å². The minimum atomic E-state index is -0.255. The Morgan fingerprint density at radius 3 is 2.60 bits per heavy atom. The van der Waals surface area contributed by atoms with Gasteiger partial charge in [0.15, 0.2) is 0 Å². The van der Waals surface area contributed by atoms with Crippen LogP contribution in [0.5, 0.6) is 5.75 Å². The molecule has 1 aliphatic rings. The van der Waals surface area contributed by atoms with Crippen LogP contribution in [0.1, 0.15) is 44.6 Å². The number of ether oxygens (including phenoxy) is 1. The molecule has 2 rings (SSSR count). The fourth-order valence-electron chi connectivity index (χ4n) is 2.63. The van der Waals surface area contributed by atoms with Crippen molar-refractivity contribution in [3.8, 4) is 5.75 Å². The molecule has 0 aromatic heterocycles. The molecular weight excluding hydrogens is 316 g/mol. The van der Waals surface area contributed by atoms with Gasteiger partial charge in [-0.2, -0.15) is 0 Å². The molecule has 4 nitrogen and oxygen atoms in total. The Labute approximate surface area is 148 Å². The summed E-state index contributed by atoms with van der Waals surface area (Å²) in [5, 5.41) is 9.33. The molecule has 25 heavy (non-hydrogen) atoms. The van der Waals surface area contributed by atoms with E-state index < -0.39 is 0 Å². The van der Waals surface area contributed by atoms with Crippen LogP contribution in [-0.4, -0.2) is 17.4 Å². The maximum Gasteiger partial charge on any atom is 0.311 e. The van der Waals surface area contributed by atoms with Crippen molar-refractivity contribution < 1.29 is 19.4 Å². The maximum absolute atomic E-state index is 11.7. The number of esters is 1. The molecule has 0 bridgehead atoms. The average molecular weight is 340 g/mol. The summed E-state index contributed by atoms with van der Waals surface area (Å²) >= 11 is 0. The zero-order chi connectivity index (χ0) is 18.1. The Balaban J connectivity index is 1.84. The van der Waals surface area contributed by atoms with Gasteiger partial charge in [-0.25, -0.2) is 0 Å².